The molecule has 0 bridgehead atoms. The summed E-state index contributed by atoms with van der Waals surface area (Å²) in [5, 5.41) is 10.7. The van der Waals surface area contributed by atoms with Gasteiger partial charge in [0.2, 0.25) is 5.91 Å². The normalized spacial score (nSPS) is 18.7. The van der Waals surface area contributed by atoms with Crippen LogP contribution in [0.25, 0.3) is 0 Å². The third-order valence-electron chi connectivity index (χ3n) is 2.68. The van der Waals surface area contributed by atoms with Gasteiger partial charge in [-0.2, -0.15) is 0 Å². The van der Waals surface area contributed by atoms with Gasteiger partial charge >= 0.3 is 5.97 Å². The Balaban J connectivity index is 2.17. The first-order valence-corrected chi connectivity index (χ1v) is 5.29. The molecule has 0 spiro atoms. The topological polar surface area (TPSA) is 69.6 Å². The lowest BCUT2D eigenvalue weighted by molar-refractivity contribution is -0.138. The number of carbonyl (C=O) groups excluding carboxylic acids is 1. The predicted molar refractivity (Wildman–Crippen MR) is 55.5 cm³/mol. The van der Waals surface area contributed by atoms with Crippen molar-refractivity contribution < 1.29 is 14.7 Å². The summed E-state index contributed by atoms with van der Waals surface area (Å²) in [6.45, 7) is 4.11. The predicted octanol–water partition coefficient (Wildman–Crippen LogP) is -0.0809. The van der Waals surface area contributed by atoms with Gasteiger partial charge in [-0.1, -0.05) is 6.92 Å². The molecule has 15 heavy (non-hydrogen) atoms. The summed E-state index contributed by atoms with van der Waals surface area (Å²) in [6, 6.07) is 0. The van der Waals surface area contributed by atoms with Gasteiger partial charge < -0.3 is 10.4 Å². The molecule has 86 valence electrons. The largest absolute Gasteiger partial charge is 0.480 e. The fourth-order valence-electron chi connectivity index (χ4n) is 1.65. The van der Waals surface area contributed by atoms with Crippen LogP contribution in [0.5, 0.6) is 0 Å². The average molecular weight is 214 g/mol. The zero-order valence-corrected chi connectivity index (χ0v) is 9.03. The van der Waals surface area contributed by atoms with Crippen LogP contribution in [0.1, 0.15) is 19.8 Å². The van der Waals surface area contributed by atoms with Crippen molar-refractivity contribution in [1.82, 2.24) is 10.2 Å². The fraction of sp³-hybridized carbons (Fsp3) is 0.800. The van der Waals surface area contributed by atoms with Crippen molar-refractivity contribution in [2.45, 2.75) is 19.8 Å². The maximum Gasteiger partial charge on any atom is 0.322 e. The minimum absolute atomic E-state index is 0.202. The van der Waals surface area contributed by atoms with Crippen molar-refractivity contribution in [2.75, 3.05) is 26.2 Å². The summed E-state index contributed by atoms with van der Waals surface area (Å²) in [6.07, 6.45) is 2.23. The number of rotatable bonds is 4. The first kappa shape index (κ1) is 12.0. The second-order valence-electron chi connectivity index (χ2n) is 4.13. The van der Waals surface area contributed by atoms with Crippen LogP contribution in [0, 0.1) is 5.92 Å². The van der Waals surface area contributed by atoms with E-state index in [1.54, 1.807) is 0 Å². The Morgan fingerprint density at radius 3 is 2.53 bits per heavy atom. The van der Waals surface area contributed by atoms with E-state index in [0.29, 0.717) is 6.54 Å². The van der Waals surface area contributed by atoms with Crippen LogP contribution in [-0.4, -0.2) is 48.1 Å². The number of hydrogen-bond acceptors (Lipinski definition) is 3. The van der Waals surface area contributed by atoms with Gasteiger partial charge in [0, 0.05) is 0 Å². The SMILES string of the molecule is CC1CCN(CC(=O)NCC(=O)O)CC1. The molecule has 1 aliphatic rings. The Morgan fingerprint density at radius 2 is 2.00 bits per heavy atom. The standard InChI is InChI=1S/C10H18N2O3/c1-8-2-4-12(5-3-8)7-9(13)11-6-10(14)15/h8H,2-7H2,1H3,(H,11,13)(H,14,15). The second kappa shape index (κ2) is 5.70. The number of piperidine rings is 1. The highest BCUT2D eigenvalue weighted by Gasteiger charge is 2.17. The summed E-state index contributed by atoms with van der Waals surface area (Å²) in [7, 11) is 0. The average Bonchev–Trinajstić information content (AvgIpc) is 2.19. The quantitative estimate of drug-likeness (QED) is 0.686. The van der Waals surface area contributed by atoms with Crippen LogP contribution < -0.4 is 5.32 Å². The Morgan fingerprint density at radius 1 is 1.40 bits per heavy atom. The van der Waals surface area contributed by atoms with E-state index in [0.717, 1.165) is 31.8 Å². The van der Waals surface area contributed by atoms with Gasteiger partial charge in [-0.15, -0.1) is 0 Å². The number of aliphatic carboxylic acids is 1. The molecule has 1 rings (SSSR count). The Kier molecular flexibility index (Phi) is 4.55. The molecule has 1 amide bonds. The van der Waals surface area contributed by atoms with E-state index in [1.807, 2.05) is 0 Å². The summed E-state index contributed by atoms with van der Waals surface area (Å²) < 4.78 is 0. The molecule has 5 heteroatoms. The van der Waals surface area contributed by atoms with Crippen molar-refractivity contribution >= 4 is 11.9 Å². The molecule has 0 unspecified atom stereocenters. The van der Waals surface area contributed by atoms with Crippen molar-refractivity contribution in [2.24, 2.45) is 5.92 Å². The molecular formula is C10H18N2O3. The zero-order valence-electron chi connectivity index (χ0n) is 9.03. The number of nitrogens with one attached hydrogen (secondary N) is 1. The van der Waals surface area contributed by atoms with Gasteiger partial charge in [0.05, 0.1) is 6.54 Å². The van der Waals surface area contributed by atoms with E-state index in [-0.39, 0.29) is 12.5 Å². The highest BCUT2D eigenvalue weighted by atomic mass is 16.4. The molecule has 1 aliphatic heterocycles. The lowest BCUT2D eigenvalue weighted by atomic mass is 9.99. The van der Waals surface area contributed by atoms with Crippen molar-refractivity contribution in [3.05, 3.63) is 0 Å². The van der Waals surface area contributed by atoms with Crippen LogP contribution in [0.4, 0.5) is 0 Å². The summed E-state index contributed by atoms with van der Waals surface area (Å²) in [5.74, 6) is -0.467. The van der Waals surface area contributed by atoms with E-state index in [1.165, 1.54) is 0 Å². The Bertz CT molecular complexity index is 235. The molecular weight excluding hydrogens is 196 g/mol. The number of nitrogens with zero attached hydrogens (tertiary/aromatic N) is 1. The maximum absolute atomic E-state index is 11.3. The molecule has 0 aromatic rings. The highest BCUT2D eigenvalue weighted by molar-refractivity contribution is 5.82. The van der Waals surface area contributed by atoms with Crippen molar-refractivity contribution in [3.63, 3.8) is 0 Å². The van der Waals surface area contributed by atoms with Crippen LogP contribution >= 0.6 is 0 Å². The van der Waals surface area contributed by atoms with Gasteiger partial charge in [0.1, 0.15) is 6.54 Å². The van der Waals surface area contributed by atoms with Crippen LogP contribution in [0.15, 0.2) is 0 Å². The van der Waals surface area contributed by atoms with Crippen molar-refractivity contribution in [3.8, 4) is 0 Å². The molecule has 0 aliphatic carbocycles. The maximum atomic E-state index is 11.3. The van der Waals surface area contributed by atoms with Gasteiger partial charge in [0.25, 0.3) is 0 Å². The van der Waals surface area contributed by atoms with E-state index >= 15 is 0 Å². The monoisotopic (exact) mass is 214 g/mol. The Hall–Kier alpha value is -1.10. The van der Waals surface area contributed by atoms with Crippen LogP contribution in [-0.2, 0) is 9.59 Å². The lowest BCUT2D eigenvalue weighted by Gasteiger charge is -2.29. The first-order valence-electron chi connectivity index (χ1n) is 5.29. The van der Waals surface area contributed by atoms with E-state index < -0.39 is 5.97 Å². The first-order chi connectivity index (χ1) is 7.08. The molecule has 0 aromatic heterocycles. The summed E-state index contributed by atoms with van der Waals surface area (Å²) in [4.78, 5) is 23.6. The van der Waals surface area contributed by atoms with Gasteiger partial charge in [-0.3, -0.25) is 14.5 Å². The van der Waals surface area contributed by atoms with E-state index in [4.69, 9.17) is 5.11 Å². The zero-order chi connectivity index (χ0) is 11.3. The number of amides is 1. The summed E-state index contributed by atoms with van der Waals surface area (Å²) >= 11 is 0. The fourth-order valence-corrected chi connectivity index (χ4v) is 1.65. The molecule has 1 heterocycles. The lowest BCUT2D eigenvalue weighted by Crippen LogP contribution is -2.42. The van der Waals surface area contributed by atoms with Gasteiger partial charge in [-0.25, -0.2) is 0 Å². The smallest absolute Gasteiger partial charge is 0.322 e. The molecule has 5 nitrogen and oxygen atoms in total. The van der Waals surface area contributed by atoms with Crippen LogP contribution in [0.3, 0.4) is 0 Å². The second-order valence-corrected chi connectivity index (χ2v) is 4.13. The number of carboxylic acid groups (broad SMARTS) is 1. The third kappa shape index (κ3) is 4.78. The molecule has 0 atom stereocenters. The minimum Gasteiger partial charge on any atom is -0.480 e. The number of carboxylic acids is 1. The summed E-state index contributed by atoms with van der Waals surface area (Å²) in [5.41, 5.74) is 0. The molecule has 0 saturated carbocycles. The van der Waals surface area contributed by atoms with Gasteiger partial charge in [0.15, 0.2) is 0 Å². The minimum atomic E-state index is -1.00. The number of likely N-dealkylation sites (tertiary alicyclic amines) is 1. The highest BCUT2D eigenvalue weighted by Crippen LogP contribution is 2.15. The van der Waals surface area contributed by atoms with Gasteiger partial charge in [-0.05, 0) is 31.8 Å². The van der Waals surface area contributed by atoms with E-state index in [2.05, 4.69) is 17.1 Å². The molecule has 1 fully saturated rings. The number of hydrogen-bond donors (Lipinski definition) is 2. The molecule has 0 aromatic carbocycles. The Labute approximate surface area is 89.4 Å². The third-order valence-corrected chi connectivity index (χ3v) is 2.68. The van der Waals surface area contributed by atoms with Crippen LogP contribution in [0.2, 0.25) is 0 Å². The molecule has 0 radical (unpaired) electrons. The molecule has 2 N–H and O–H groups in total. The number of carbonyl (C=O) groups is 2. The van der Waals surface area contributed by atoms with Crippen molar-refractivity contribution in [1.29, 1.82) is 0 Å². The van der Waals surface area contributed by atoms with E-state index in [9.17, 15) is 9.59 Å². The molecule has 1 saturated heterocycles.